The lowest BCUT2D eigenvalue weighted by molar-refractivity contribution is -0.122. The number of thioether (sulfide) groups is 1. The van der Waals surface area contributed by atoms with Gasteiger partial charge < -0.3 is 4.57 Å². The van der Waals surface area contributed by atoms with Gasteiger partial charge in [-0.15, -0.1) is 0 Å². The Morgan fingerprint density at radius 1 is 0.821 bits per heavy atom. The van der Waals surface area contributed by atoms with E-state index in [-0.39, 0.29) is 5.91 Å². The molecule has 192 valence electrons. The van der Waals surface area contributed by atoms with Gasteiger partial charge in [0.2, 0.25) is 0 Å². The van der Waals surface area contributed by atoms with Crippen molar-refractivity contribution < 1.29 is 4.79 Å². The van der Waals surface area contributed by atoms with E-state index in [4.69, 9.17) is 4.99 Å². The SMILES string of the molecule is Cc1cccc(Cn2cc(/C=C3/SC(=Nc4ccccc4)N(CCc4ccccc4)C3=O)c3ccccc32)c1. The van der Waals surface area contributed by atoms with Gasteiger partial charge in [0.1, 0.15) is 0 Å². The molecule has 0 saturated carbocycles. The van der Waals surface area contributed by atoms with Crippen LogP contribution in [0.3, 0.4) is 0 Å². The molecule has 6 rings (SSSR count). The summed E-state index contributed by atoms with van der Waals surface area (Å²) < 4.78 is 2.27. The number of carbonyl (C=O) groups is 1. The van der Waals surface area contributed by atoms with Gasteiger partial charge in [0, 0.05) is 35.8 Å². The largest absolute Gasteiger partial charge is 0.342 e. The van der Waals surface area contributed by atoms with E-state index >= 15 is 0 Å². The molecule has 0 unspecified atom stereocenters. The summed E-state index contributed by atoms with van der Waals surface area (Å²) in [6.45, 7) is 3.47. The lowest BCUT2D eigenvalue weighted by Crippen LogP contribution is -2.31. The highest BCUT2D eigenvalue weighted by Crippen LogP contribution is 2.36. The second kappa shape index (κ2) is 11.2. The summed E-state index contributed by atoms with van der Waals surface area (Å²) in [6, 6.07) is 37.1. The minimum atomic E-state index is 0.00104. The maximum Gasteiger partial charge on any atom is 0.266 e. The smallest absolute Gasteiger partial charge is 0.266 e. The number of hydrogen-bond donors (Lipinski definition) is 0. The summed E-state index contributed by atoms with van der Waals surface area (Å²) in [5.41, 5.74) is 6.74. The predicted molar refractivity (Wildman–Crippen MR) is 163 cm³/mol. The van der Waals surface area contributed by atoms with Gasteiger partial charge in [0.05, 0.1) is 10.6 Å². The molecule has 0 atom stereocenters. The highest BCUT2D eigenvalue weighted by Gasteiger charge is 2.33. The Balaban J connectivity index is 1.35. The molecule has 1 aliphatic rings. The van der Waals surface area contributed by atoms with E-state index in [1.165, 1.54) is 28.5 Å². The van der Waals surface area contributed by atoms with Crippen molar-refractivity contribution in [2.24, 2.45) is 4.99 Å². The van der Waals surface area contributed by atoms with E-state index in [0.717, 1.165) is 40.3 Å². The van der Waals surface area contributed by atoms with Crippen molar-refractivity contribution >= 4 is 45.5 Å². The number of para-hydroxylation sites is 2. The van der Waals surface area contributed by atoms with Crippen LogP contribution in [0.4, 0.5) is 5.69 Å². The van der Waals surface area contributed by atoms with E-state index in [1.807, 2.05) is 59.5 Å². The number of hydrogen-bond acceptors (Lipinski definition) is 3. The monoisotopic (exact) mass is 527 g/mol. The fraction of sp³-hybridized carbons (Fsp3) is 0.118. The van der Waals surface area contributed by atoms with Gasteiger partial charge >= 0.3 is 0 Å². The van der Waals surface area contributed by atoms with Crippen LogP contribution in [0.5, 0.6) is 0 Å². The fourth-order valence-corrected chi connectivity index (χ4v) is 5.97. The summed E-state index contributed by atoms with van der Waals surface area (Å²) >= 11 is 1.45. The molecule has 0 radical (unpaired) electrons. The van der Waals surface area contributed by atoms with Crippen LogP contribution in [0.2, 0.25) is 0 Å². The molecule has 0 bridgehead atoms. The zero-order valence-electron chi connectivity index (χ0n) is 21.8. The van der Waals surface area contributed by atoms with Crippen molar-refractivity contribution in [3.63, 3.8) is 0 Å². The molecule has 4 aromatic carbocycles. The lowest BCUT2D eigenvalue weighted by Gasteiger charge is -2.15. The molecule has 4 nitrogen and oxygen atoms in total. The van der Waals surface area contributed by atoms with Crippen molar-refractivity contribution in [2.45, 2.75) is 19.9 Å². The summed E-state index contributed by atoms with van der Waals surface area (Å²) in [5.74, 6) is 0.00104. The Bertz CT molecular complexity index is 1690. The Morgan fingerprint density at radius 2 is 1.54 bits per heavy atom. The zero-order valence-corrected chi connectivity index (χ0v) is 22.6. The molecular weight excluding hydrogens is 498 g/mol. The van der Waals surface area contributed by atoms with Crippen LogP contribution < -0.4 is 0 Å². The number of amidine groups is 1. The molecular formula is C34H29N3OS. The van der Waals surface area contributed by atoms with Crippen LogP contribution >= 0.6 is 11.8 Å². The third kappa shape index (κ3) is 5.59. The van der Waals surface area contributed by atoms with E-state index in [1.54, 1.807) is 0 Å². The van der Waals surface area contributed by atoms with Gasteiger partial charge in [-0.25, -0.2) is 4.99 Å². The molecule has 5 heteroatoms. The molecule has 0 spiro atoms. The second-order valence-corrected chi connectivity index (χ2v) is 10.8. The molecule has 1 fully saturated rings. The van der Waals surface area contributed by atoms with Gasteiger partial charge in [0.25, 0.3) is 5.91 Å². The number of nitrogens with zero attached hydrogens (tertiary/aromatic N) is 3. The average Bonchev–Trinajstić information content (AvgIpc) is 3.45. The quantitative estimate of drug-likeness (QED) is 0.202. The van der Waals surface area contributed by atoms with Gasteiger partial charge in [-0.05, 0) is 60.5 Å². The molecule has 1 amide bonds. The Kier molecular flexibility index (Phi) is 7.15. The summed E-state index contributed by atoms with van der Waals surface area (Å²) in [5, 5.41) is 1.85. The van der Waals surface area contributed by atoms with Crippen molar-refractivity contribution in [1.29, 1.82) is 0 Å². The number of aromatic nitrogens is 1. The third-order valence-corrected chi connectivity index (χ3v) is 7.88. The number of fused-ring (bicyclic) bond motifs is 1. The van der Waals surface area contributed by atoms with Crippen molar-refractivity contribution in [3.8, 4) is 0 Å². The number of carbonyl (C=O) groups excluding carboxylic acids is 1. The van der Waals surface area contributed by atoms with Crippen LogP contribution in [-0.2, 0) is 17.8 Å². The molecule has 2 heterocycles. The standard InChI is InChI=1S/C34H29N3OS/c1-25-11-10-14-27(21-25)23-36-24-28(30-17-8-9-18-31(30)36)22-32-33(38)37(20-19-26-12-4-2-5-13-26)34(39-32)35-29-15-6-3-7-16-29/h2-18,21-22,24H,19-20,23H2,1H3/b32-22+,35-34?. The van der Waals surface area contributed by atoms with Gasteiger partial charge in [-0.1, -0.05) is 96.6 Å². The van der Waals surface area contributed by atoms with E-state index < -0.39 is 0 Å². The summed E-state index contributed by atoms with van der Waals surface area (Å²) in [7, 11) is 0. The molecule has 39 heavy (non-hydrogen) atoms. The van der Waals surface area contributed by atoms with Gasteiger partial charge in [-0.3, -0.25) is 9.69 Å². The second-order valence-electron chi connectivity index (χ2n) is 9.75. The first-order valence-electron chi connectivity index (χ1n) is 13.2. The van der Waals surface area contributed by atoms with E-state index in [0.29, 0.717) is 11.4 Å². The van der Waals surface area contributed by atoms with E-state index in [2.05, 4.69) is 78.4 Å². The Labute approximate surface area is 233 Å². The van der Waals surface area contributed by atoms with Crippen molar-refractivity contribution in [3.05, 3.63) is 143 Å². The van der Waals surface area contributed by atoms with Crippen LogP contribution in [0.25, 0.3) is 17.0 Å². The maximum absolute atomic E-state index is 13.8. The van der Waals surface area contributed by atoms with Crippen molar-refractivity contribution in [1.82, 2.24) is 9.47 Å². The molecule has 5 aromatic rings. The van der Waals surface area contributed by atoms with Crippen LogP contribution in [-0.4, -0.2) is 27.1 Å². The minimum Gasteiger partial charge on any atom is -0.342 e. The minimum absolute atomic E-state index is 0.00104. The fourth-order valence-electron chi connectivity index (χ4n) is 4.96. The number of rotatable bonds is 7. The molecule has 1 saturated heterocycles. The first-order valence-corrected chi connectivity index (χ1v) is 14.0. The highest BCUT2D eigenvalue weighted by molar-refractivity contribution is 8.18. The maximum atomic E-state index is 13.8. The Morgan fingerprint density at radius 3 is 2.33 bits per heavy atom. The summed E-state index contributed by atoms with van der Waals surface area (Å²) in [6.07, 6.45) is 4.96. The van der Waals surface area contributed by atoms with E-state index in [9.17, 15) is 4.79 Å². The lowest BCUT2D eigenvalue weighted by atomic mass is 10.1. The number of amides is 1. The first kappa shape index (κ1) is 25.0. The number of aryl methyl sites for hydroxylation is 1. The van der Waals surface area contributed by atoms with Gasteiger partial charge in [-0.2, -0.15) is 0 Å². The molecule has 0 N–H and O–H groups in total. The number of aliphatic imine (C=N–C) groups is 1. The average molecular weight is 528 g/mol. The zero-order chi connectivity index (χ0) is 26.6. The highest BCUT2D eigenvalue weighted by atomic mass is 32.2. The Hall–Kier alpha value is -4.35. The van der Waals surface area contributed by atoms with Crippen LogP contribution in [0.1, 0.15) is 22.3 Å². The topological polar surface area (TPSA) is 37.6 Å². The van der Waals surface area contributed by atoms with Crippen LogP contribution in [0.15, 0.2) is 125 Å². The molecule has 1 aromatic heterocycles. The third-order valence-electron chi connectivity index (χ3n) is 6.88. The van der Waals surface area contributed by atoms with Crippen LogP contribution in [0, 0.1) is 6.92 Å². The predicted octanol–water partition coefficient (Wildman–Crippen LogP) is 7.84. The van der Waals surface area contributed by atoms with Gasteiger partial charge in [0.15, 0.2) is 5.17 Å². The van der Waals surface area contributed by atoms with Crippen molar-refractivity contribution in [2.75, 3.05) is 6.54 Å². The number of benzene rings is 4. The normalized spacial score (nSPS) is 15.6. The first-order chi connectivity index (χ1) is 19.1. The molecule has 0 aliphatic carbocycles. The summed E-state index contributed by atoms with van der Waals surface area (Å²) in [4.78, 5) is 21.1. The molecule has 1 aliphatic heterocycles.